The number of aromatic nitrogens is 1. The molecular weight excluding hydrogens is 368 g/mol. The smallest absolute Gasteiger partial charge is 0.150 e. The van der Waals surface area contributed by atoms with E-state index in [9.17, 15) is 4.79 Å². The van der Waals surface area contributed by atoms with Crippen molar-refractivity contribution in [3.63, 3.8) is 0 Å². The van der Waals surface area contributed by atoms with Gasteiger partial charge < -0.3 is 4.90 Å². The molecule has 2 aliphatic rings. The predicted octanol–water partition coefficient (Wildman–Crippen LogP) is 6.42. The molecule has 1 fully saturated rings. The van der Waals surface area contributed by atoms with E-state index in [2.05, 4.69) is 51.8 Å². The fourth-order valence-corrected chi connectivity index (χ4v) is 4.78. The minimum absolute atomic E-state index is 0. The average molecular weight is 411 g/mol. The van der Waals surface area contributed by atoms with Crippen molar-refractivity contribution < 1.29 is 4.79 Å². The minimum Gasteiger partial charge on any atom is -0.306 e. The van der Waals surface area contributed by atoms with Gasteiger partial charge in [0.25, 0.3) is 0 Å². The summed E-state index contributed by atoms with van der Waals surface area (Å²) in [4.78, 5) is 19.0. The summed E-state index contributed by atoms with van der Waals surface area (Å²) in [5.41, 5.74) is 7.20. The van der Waals surface area contributed by atoms with Gasteiger partial charge in [0.15, 0.2) is 0 Å². The molecule has 0 N–H and O–H groups in total. The van der Waals surface area contributed by atoms with E-state index in [4.69, 9.17) is 4.98 Å². The highest BCUT2D eigenvalue weighted by molar-refractivity contribution is 5.91. The Bertz CT molecular complexity index is 853. The monoisotopic (exact) mass is 410 g/mol. The maximum absolute atomic E-state index is 11.7. The molecule has 1 aliphatic heterocycles. The van der Waals surface area contributed by atoms with Gasteiger partial charge >= 0.3 is 0 Å². The van der Waals surface area contributed by atoms with Crippen LogP contribution in [0.1, 0.15) is 86.6 Å². The fourth-order valence-electron chi connectivity index (χ4n) is 4.78. The first kappa shape index (κ1) is 24.5. The van der Waals surface area contributed by atoms with Crippen LogP contribution in [-0.2, 0) is 19.3 Å². The lowest BCUT2D eigenvalue weighted by molar-refractivity contribution is 0.112. The highest BCUT2D eigenvalue weighted by atomic mass is 16.1. The van der Waals surface area contributed by atoms with E-state index in [0.717, 1.165) is 48.5 Å². The Morgan fingerprint density at radius 2 is 1.83 bits per heavy atom. The van der Waals surface area contributed by atoms with Gasteiger partial charge in [-0.15, -0.1) is 0 Å². The van der Waals surface area contributed by atoms with Gasteiger partial charge in [0, 0.05) is 23.2 Å². The molecule has 1 aromatic carbocycles. The molecule has 0 radical (unpaired) electrons. The van der Waals surface area contributed by atoms with Gasteiger partial charge in [-0.3, -0.25) is 9.78 Å². The molecule has 1 saturated heterocycles. The van der Waals surface area contributed by atoms with Crippen molar-refractivity contribution in [2.24, 2.45) is 11.8 Å². The first-order valence-electron chi connectivity index (χ1n) is 11.5. The second-order valence-corrected chi connectivity index (χ2v) is 9.74. The Hall–Kier alpha value is -1.74. The number of rotatable bonds is 4. The van der Waals surface area contributed by atoms with E-state index >= 15 is 0 Å². The zero-order chi connectivity index (χ0) is 21.0. The fraction of sp³-hybridized carbons (Fsp3) is 0.630. The summed E-state index contributed by atoms with van der Waals surface area (Å²) in [6, 6.07) is 4.31. The lowest BCUT2D eigenvalue weighted by Crippen LogP contribution is -2.14. The molecule has 1 aromatic heterocycles. The van der Waals surface area contributed by atoms with Crippen molar-refractivity contribution in [2.45, 2.75) is 80.1 Å². The summed E-state index contributed by atoms with van der Waals surface area (Å²) in [7, 11) is 2.20. The van der Waals surface area contributed by atoms with Crippen LogP contribution in [0.15, 0.2) is 12.1 Å². The number of likely N-dealkylation sites (tertiary alicyclic amines) is 1. The number of hydrogen-bond acceptors (Lipinski definition) is 3. The summed E-state index contributed by atoms with van der Waals surface area (Å²) in [6.45, 7) is 11.0. The molecule has 0 bridgehead atoms. The Morgan fingerprint density at radius 3 is 2.43 bits per heavy atom. The first-order chi connectivity index (χ1) is 13.9. The van der Waals surface area contributed by atoms with Crippen LogP contribution in [0.4, 0.5) is 0 Å². The molecule has 0 saturated carbocycles. The number of fused-ring (bicyclic) bond motifs is 3. The van der Waals surface area contributed by atoms with Crippen molar-refractivity contribution in [2.75, 3.05) is 20.1 Å². The summed E-state index contributed by atoms with van der Waals surface area (Å²) >= 11 is 0. The lowest BCUT2D eigenvalue weighted by atomic mass is 9.86. The number of benzene rings is 1. The van der Waals surface area contributed by atoms with Crippen LogP contribution in [0.2, 0.25) is 0 Å². The van der Waals surface area contributed by atoms with Crippen LogP contribution < -0.4 is 0 Å². The molecule has 166 valence electrons. The van der Waals surface area contributed by atoms with Crippen LogP contribution in [0.3, 0.4) is 0 Å². The standard InChI is InChI=1S/C22H28N2O.C4H10.CH4/c1-15-19-5-3-4-6-20(19)21-11-18(14-25)17(12-22(21)23-15)8-7-16-9-10-24(2)13-16;1-4(2)3;/h11-12,14,16H,3-10,13H2,1-2H3;4H,1-3H3;1H4. The maximum atomic E-state index is 11.7. The minimum atomic E-state index is 0. The number of carbonyl (C=O) groups is 1. The lowest BCUT2D eigenvalue weighted by Gasteiger charge is -2.21. The predicted molar refractivity (Wildman–Crippen MR) is 130 cm³/mol. The third-order valence-corrected chi connectivity index (χ3v) is 6.21. The summed E-state index contributed by atoms with van der Waals surface area (Å²) in [6.07, 6.45) is 9.25. The molecule has 30 heavy (non-hydrogen) atoms. The third-order valence-electron chi connectivity index (χ3n) is 6.21. The second kappa shape index (κ2) is 11.0. The Labute approximate surface area is 184 Å². The van der Waals surface area contributed by atoms with Gasteiger partial charge in [0.2, 0.25) is 0 Å². The number of hydrogen-bond donors (Lipinski definition) is 0. The molecule has 2 heterocycles. The number of aldehydes is 1. The van der Waals surface area contributed by atoms with Crippen LogP contribution in [0.5, 0.6) is 0 Å². The first-order valence-corrected chi connectivity index (χ1v) is 11.5. The normalized spacial score (nSPS) is 18.5. The second-order valence-electron chi connectivity index (χ2n) is 9.74. The zero-order valence-corrected chi connectivity index (χ0v) is 19.1. The van der Waals surface area contributed by atoms with Gasteiger partial charge in [-0.25, -0.2) is 0 Å². The van der Waals surface area contributed by atoms with Crippen molar-refractivity contribution in [1.82, 2.24) is 9.88 Å². The van der Waals surface area contributed by atoms with E-state index in [1.807, 2.05) is 0 Å². The van der Waals surface area contributed by atoms with E-state index in [-0.39, 0.29) is 7.43 Å². The van der Waals surface area contributed by atoms with Crippen LogP contribution in [-0.4, -0.2) is 36.3 Å². The topological polar surface area (TPSA) is 33.2 Å². The Kier molecular flexibility index (Phi) is 9.03. The molecule has 1 unspecified atom stereocenters. The summed E-state index contributed by atoms with van der Waals surface area (Å²) < 4.78 is 0. The summed E-state index contributed by atoms with van der Waals surface area (Å²) in [5, 5.41) is 1.21. The van der Waals surface area contributed by atoms with Gasteiger partial charge in [0.05, 0.1) is 5.52 Å². The van der Waals surface area contributed by atoms with Crippen LogP contribution >= 0.6 is 0 Å². The Balaban J connectivity index is 0.000000591. The number of nitrogens with zero attached hydrogens (tertiary/aromatic N) is 2. The number of aryl methyl sites for hydroxylation is 3. The zero-order valence-electron chi connectivity index (χ0n) is 19.1. The molecule has 1 aliphatic carbocycles. The van der Waals surface area contributed by atoms with E-state index < -0.39 is 0 Å². The van der Waals surface area contributed by atoms with E-state index in [1.165, 1.54) is 66.5 Å². The van der Waals surface area contributed by atoms with Gasteiger partial charge in [-0.2, -0.15) is 0 Å². The Morgan fingerprint density at radius 1 is 1.17 bits per heavy atom. The van der Waals surface area contributed by atoms with Crippen molar-refractivity contribution >= 4 is 17.2 Å². The number of carbonyl (C=O) groups excluding carboxylic acids is 1. The molecule has 1 atom stereocenters. The average Bonchev–Trinajstić information content (AvgIpc) is 3.11. The van der Waals surface area contributed by atoms with Gasteiger partial charge in [-0.05, 0) is 106 Å². The molecule has 3 heteroatoms. The van der Waals surface area contributed by atoms with Crippen molar-refractivity contribution in [1.29, 1.82) is 0 Å². The third kappa shape index (κ3) is 5.91. The molecule has 3 nitrogen and oxygen atoms in total. The largest absolute Gasteiger partial charge is 0.306 e. The van der Waals surface area contributed by atoms with Crippen LogP contribution in [0.25, 0.3) is 10.9 Å². The van der Waals surface area contributed by atoms with Crippen molar-refractivity contribution in [3.05, 3.63) is 40.1 Å². The maximum Gasteiger partial charge on any atom is 0.150 e. The van der Waals surface area contributed by atoms with Gasteiger partial charge in [-0.1, -0.05) is 28.2 Å². The molecule has 2 aromatic rings. The van der Waals surface area contributed by atoms with E-state index in [1.54, 1.807) is 0 Å². The van der Waals surface area contributed by atoms with E-state index in [0.29, 0.717) is 0 Å². The number of pyridine rings is 1. The van der Waals surface area contributed by atoms with Gasteiger partial charge in [0.1, 0.15) is 6.29 Å². The molecule has 0 amide bonds. The highest BCUT2D eigenvalue weighted by Crippen LogP contribution is 2.32. The SMILES string of the molecule is C.CC(C)C.Cc1nc2cc(CCC3CCN(C)C3)c(C=O)cc2c2c1CCCC2. The molecule has 0 spiro atoms. The quantitative estimate of drug-likeness (QED) is 0.545. The summed E-state index contributed by atoms with van der Waals surface area (Å²) in [5.74, 6) is 1.60. The van der Waals surface area contributed by atoms with Crippen molar-refractivity contribution in [3.8, 4) is 0 Å². The highest BCUT2D eigenvalue weighted by Gasteiger charge is 2.21. The van der Waals surface area contributed by atoms with Crippen LogP contribution in [0, 0.1) is 18.8 Å². The molecular formula is C27H42N2O. The molecule has 4 rings (SSSR count).